The van der Waals surface area contributed by atoms with Gasteiger partial charge in [-0.2, -0.15) is 0 Å². The van der Waals surface area contributed by atoms with E-state index in [0.717, 1.165) is 4.88 Å². The maximum Gasteiger partial charge on any atom is 0.257 e. The Balaban J connectivity index is 2.27. The number of nitrogen functional groups attached to an aromatic ring is 1. The van der Waals surface area contributed by atoms with Gasteiger partial charge in [0.2, 0.25) is 0 Å². The first kappa shape index (κ1) is 14.4. The second-order valence-electron chi connectivity index (χ2n) is 4.57. The van der Waals surface area contributed by atoms with Crippen molar-refractivity contribution < 1.29 is 9.53 Å². The van der Waals surface area contributed by atoms with Crippen molar-refractivity contribution in [3.63, 3.8) is 0 Å². The number of rotatable bonds is 4. The Hall–Kier alpha value is -2.01. The lowest BCUT2D eigenvalue weighted by molar-refractivity contribution is 0.0741. The number of ether oxygens (including phenoxy) is 1. The molecule has 106 valence electrons. The van der Waals surface area contributed by atoms with Crippen LogP contribution in [0.15, 0.2) is 35.7 Å². The maximum atomic E-state index is 12.6. The van der Waals surface area contributed by atoms with E-state index in [1.165, 1.54) is 7.11 Å². The van der Waals surface area contributed by atoms with Crippen LogP contribution in [0, 0.1) is 0 Å². The highest BCUT2D eigenvalue weighted by Crippen LogP contribution is 2.28. The van der Waals surface area contributed by atoms with Crippen LogP contribution in [-0.2, 0) is 0 Å². The minimum absolute atomic E-state index is 0.0183. The van der Waals surface area contributed by atoms with E-state index in [4.69, 9.17) is 10.5 Å². The van der Waals surface area contributed by atoms with Crippen LogP contribution >= 0.6 is 11.3 Å². The smallest absolute Gasteiger partial charge is 0.257 e. The first-order valence-electron chi connectivity index (χ1n) is 6.28. The molecule has 0 aliphatic heterocycles. The van der Waals surface area contributed by atoms with Crippen molar-refractivity contribution in [3.05, 3.63) is 46.2 Å². The molecule has 0 bridgehead atoms. The third-order valence-electron chi connectivity index (χ3n) is 3.31. The molecule has 1 amide bonds. The van der Waals surface area contributed by atoms with Crippen LogP contribution in [0.25, 0.3) is 0 Å². The van der Waals surface area contributed by atoms with Crippen LogP contribution in [0.2, 0.25) is 0 Å². The third kappa shape index (κ3) is 2.77. The van der Waals surface area contributed by atoms with E-state index in [2.05, 4.69) is 0 Å². The summed E-state index contributed by atoms with van der Waals surface area (Å²) >= 11 is 1.64. The lowest BCUT2D eigenvalue weighted by atomic mass is 10.1. The molecule has 5 heteroatoms. The zero-order valence-corrected chi connectivity index (χ0v) is 12.6. The van der Waals surface area contributed by atoms with Crippen LogP contribution < -0.4 is 10.5 Å². The van der Waals surface area contributed by atoms with Gasteiger partial charge in [-0.1, -0.05) is 6.07 Å². The van der Waals surface area contributed by atoms with Gasteiger partial charge in [0.25, 0.3) is 5.91 Å². The summed E-state index contributed by atoms with van der Waals surface area (Å²) in [7, 11) is 3.33. The summed E-state index contributed by atoms with van der Waals surface area (Å²) < 4.78 is 5.24. The number of thiophene rings is 1. The molecule has 1 unspecified atom stereocenters. The van der Waals surface area contributed by atoms with Crippen LogP contribution in [0.5, 0.6) is 5.75 Å². The Morgan fingerprint density at radius 2 is 2.15 bits per heavy atom. The molecule has 0 aliphatic rings. The van der Waals surface area contributed by atoms with Gasteiger partial charge < -0.3 is 15.4 Å². The number of nitrogens with zero attached hydrogens (tertiary/aromatic N) is 1. The Labute approximate surface area is 122 Å². The van der Waals surface area contributed by atoms with Crippen LogP contribution in [0.3, 0.4) is 0 Å². The van der Waals surface area contributed by atoms with Gasteiger partial charge in [-0.25, -0.2) is 0 Å². The molecule has 0 saturated carbocycles. The highest BCUT2D eigenvalue weighted by Gasteiger charge is 2.22. The zero-order chi connectivity index (χ0) is 14.7. The van der Waals surface area contributed by atoms with E-state index in [-0.39, 0.29) is 11.9 Å². The van der Waals surface area contributed by atoms with Gasteiger partial charge in [0.15, 0.2) is 0 Å². The molecule has 4 nitrogen and oxygen atoms in total. The van der Waals surface area contributed by atoms with E-state index >= 15 is 0 Å². The van der Waals surface area contributed by atoms with E-state index in [0.29, 0.717) is 17.0 Å². The fourth-order valence-electron chi connectivity index (χ4n) is 1.97. The van der Waals surface area contributed by atoms with Crippen molar-refractivity contribution in [1.29, 1.82) is 0 Å². The highest BCUT2D eigenvalue weighted by atomic mass is 32.1. The van der Waals surface area contributed by atoms with Gasteiger partial charge in [-0.05, 0) is 30.5 Å². The van der Waals surface area contributed by atoms with Gasteiger partial charge in [-0.3, -0.25) is 4.79 Å². The molecule has 1 aromatic carbocycles. The molecule has 0 radical (unpaired) electrons. The lowest BCUT2D eigenvalue weighted by Gasteiger charge is -2.25. The fraction of sp³-hybridized carbons (Fsp3) is 0.267. The first-order valence-corrected chi connectivity index (χ1v) is 7.16. The average molecular weight is 290 g/mol. The number of carbonyl (C=O) groups is 1. The van der Waals surface area contributed by atoms with Gasteiger partial charge in [-0.15, -0.1) is 11.3 Å². The third-order valence-corrected chi connectivity index (χ3v) is 4.35. The molecule has 1 atom stereocenters. The number of benzene rings is 1. The second-order valence-corrected chi connectivity index (χ2v) is 5.55. The molecule has 1 heterocycles. The molecular weight excluding hydrogens is 272 g/mol. The number of carbonyl (C=O) groups excluding carboxylic acids is 1. The SMILES string of the molecule is COc1cc(N)ccc1C(=O)N(C)C(C)c1cccs1. The zero-order valence-electron chi connectivity index (χ0n) is 11.8. The van der Waals surface area contributed by atoms with Crippen LogP contribution in [0.1, 0.15) is 28.2 Å². The molecule has 0 spiro atoms. The summed E-state index contributed by atoms with van der Waals surface area (Å²) in [4.78, 5) is 15.4. The Morgan fingerprint density at radius 1 is 1.40 bits per heavy atom. The molecule has 2 rings (SSSR count). The van der Waals surface area contributed by atoms with Crippen molar-refractivity contribution in [2.24, 2.45) is 0 Å². The molecule has 2 aromatic rings. The normalized spacial score (nSPS) is 11.9. The average Bonchev–Trinajstić information content (AvgIpc) is 2.99. The largest absolute Gasteiger partial charge is 0.496 e. The number of nitrogens with two attached hydrogens (primary N) is 1. The van der Waals surface area contributed by atoms with Gasteiger partial charge in [0.05, 0.1) is 18.7 Å². The molecular formula is C15H18N2O2S. The summed E-state index contributed by atoms with van der Waals surface area (Å²) in [5, 5.41) is 2.01. The van der Waals surface area contributed by atoms with Crippen molar-refractivity contribution >= 4 is 22.9 Å². The minimum Gasteiger partial charge on any atom is -0.496 e. The summed E-state index contributed by atoms with van der Waals surface area (Å²) in [6.45, 7) is 2.01. The van der Waals surface area contributed by atoms with Crippen LogP contribution in [-0.4, -0.2) is 25.0 Å². The highest BCUT2D eigenvalue weighted by molar-refractivity contribution is 7.10. The molecule has 20 heavy (non-hydrogen) atoms. The molecule has 1 aromatic heterocycles. The summed E-state index contributed by atoms with van der Waals surface area (Å²) in [6, 6.07) is 9.10. The lowest BCUT2D eigenvalue weighted by Crippen LogP contribution is -2.29. The summed E-state index contributed by atoms with van der Waals surface area (Å²) in [5.41, 5.74) is 6.81. The van der Waals surface area contributed by atoms with Gasteiger partial charge >= 0.3 is 0 Å². The van der Waals surface area contributed by atoms with Crippen LogP contribution in [0.4, 0.5) is 5.69 Å². The van der Waals surface area contributed by atoms with Gasteiger partial charge in [0.1, 0.15) is 5.75 Å². The van der Waals surface area contributed by atoms with Crippen molar-refractivity contribution in [2.45, 2.75) is 13.0 Å². The second kappa shape index (κ2) is 5.96. The van der Waals surface area contributed by atoms with E-state index < -0.39 is 0 Å². The Morgan fingerprint density at radius 3 is 2.75 bits per heavy atom. The van der Waals surface area contributed by atoms with E-state index in [1.54, 1.807) is 41.5 Å². The van der Waals surface area contributed by atoms with Crippen molar-refractivity contribution in [1.82, 2.24) is 4.90 Å². The van der Waals surface area contributed by atoms with Crippen molar-refractivity contribution in [3.8, 4) is 5.75 Å². The molecule has 0 saturated heterocycles. The standard InChI is InChI=1S/C15H18N2O2S/c1-10(14-5-4-8-20-14)17(2)15(18)12-7-6-11(16)9-13(12)19-3/h4-10H,16H2,1-3H3. The molecule has 0 aliphatic carbocycles. The van der Waals surface area contributed by atoms with E-state index in [1.807, 2.05) is 24.4 Å². The monoisotopic (exact) mass is 290 g/mol. The number of methoxy groups -OCH3 is 1. The number of hydrogen-bond donors (Lipinski definition) is 1. The molecule has 2 N–H and O–H groups in total. The Kier molecular flexibility index (Phi) is 4.29. The maximum absolute atomic E-state index is 12.6. The fourth-order valence-corrected chi connectivity index (χ4v) is 2.80. The minimum atomic E-state index is -0.0808. The number of anilines is 1. The first-order chi connectivity index (χ1) is 9.54. The predicted molar refractivity (Wildman–Crippen MR) is 82.2 cm³/mol. The topological polar surface area (TPSA) is 55.6 Å². The number of hydrogen-bond acceptors (Lipinski definition) is 4. The van der Waals surface area contributed by atoms with E-state index in [9.17, 15) is 4.79 Å². The van der Waals surface area contributed by atoms with Crippen molar-refractivity contribution in [2.75, 3.05) is 19.9 Å². The molecule has 0 fully saturated rings. The number of amides is 1. The Bertz CT molecular complexity index is 596. The summed E-state index contributed by atoms with van der Waals surface area (Å²) in [5.74, 6) is 0.419. The predicted octanol–water partition coefficient (Wildman–Crippen LogP) is 3.17. The quantitative estimate of drug-likeness (QED) is 0.880. The summed E-state index contributed by atoms with van der Waals surface area (Å²) in [6.07, 6.45) is 0. The van der Waals surface area contributed by atoms with Gasteiger partial charge in [0, 0.05) is 23.7 Å².